The molecule has 4 nitrogen and oxygen atoms in total. The Hall–Kier alpha value is -1.13. The minimum Gasteiger partial charge on any atom is -0.460 e. The van der Waals surface area contributed by atoms with E-state index in [2.05, 4.69) is 36.1 Å². The third-order valence-corrected chi connectivity index (χ3v) is 5.61. The highest BCUT2D eigenvalue weighted by Crippen LogP contribution is 2.31. The molecule has 4 heteroatoms. The highest BCUT2D eigenvalue weighted by atomic mass is 16.6. The minimum absolute atomic E-state index is 0.150. The monoisotopic (exact) mass is 407 g/mol. The van der Waals surface area contributed by atoms with Gasteiger partial charge in [0, 0.05) is 18.9 Å². The smallest absolute Gasteiger partial charge is 0.306 e. The van der Waals surface area contributed by atoms with Gasteiger partial charge < -0.3 is 14.7 Å². The fraction of sp³-hybridized carbons (Fsp3) is 0.800. The van der Waals surface area contributed by atoms with E-state index in [0.29, 0.717) is 6.42 Å². The molecule has 168 valence electrons. The molecular weight excluding hydrogens is 362 g/mol. The van der Waals surface area contributed by atoms with Crippen LogP contribution in [0.2, 0.25) is 0 Å². The largest absolute Gasteiger partial charge is 0.460 e. The molecule has 0 radical (unpaired) electrons. The summed E-state index contributed by atoms with van der Waals surface area (Å²) in [5.74, 6) is 0.0849. The zero-order chi connectivity index (χ0) is 21.3. The normalized spacial score (nSPS) is 21.9. The van der Waals surface area contributed by atoms with Crippen molar-refractivity contribution in [3.05, 3.63) is 24.3 Å². The highest BCUT2D eigenvalue weighted by Gasteiger charge is 2.42. The van der Waals surface area contributed by atoms with Gasteiger partial charge in [0.15, 0.2) is 0 Å². The predicted molar refractivity (Wildman–Crippen MR) is 122 cm³/mol. The lowest BCUT2D eigenvalue weighted by Gasteiger charge is -2.41. The van der Waals surface area contributed by atoms with E-state index in [0.717, 1.165) is 38.6 Å². The first-order chi connectivity index (χ1) is 14.0. The number of unbranched alkanes of at least 4 members (excludes halogenated alkanes) is 8. The van der Waals surface area contributed by atoms with Crippen molar-refractivity contribution in [3.63, 3.8) is 0 Å². The molecule has 1 aliphatic rings. The number of nitrogens with zero attached hydrogens (tertiary/aromatic N) is 1. The quantitative estimate of drug-likeness (QED) is 0.192. The van der Waals surface area contributed by atoms with Crippen LogP contribution in [0, 0.1) is 5.92 Å². The van der Waals surface area contributed by atoms with Crippen molar-refractivity contribution in [2.24, 2.45) is 5.92 Å². The Labute approximate surface area is 179 Å². The molecule has 1 aliphatic carbocycles. The van der Waals surface area contributed by atoms with Gasteiger partial charge in [-0.1, -0.05) is 63.3 Å². The summed E-state index contributed by atoms with van der Waals surface area (Å²) in [4.78, 5) is 14.0. The van der Waals surface area contributed by atoms with Gasteiger partial charge in [-0.05, 0) is 59.0 Å². The zero-order valence-electron chi connectivity index (χ0n) is 19.2. The zero-order valence-corrected chi connectivity index (χ0v) is 19.2. The van der Waals surface area contributed by atoms with E-state index in [9.17, 15) is 9.90 Å². The van der Waals surface area contributed by atoms with Crippen molar-refractivity contribution in [1.82, 2.24) is 4.90 Å². The summed E-state index contributed by atoms with van der Waals surface area (Å²) in [5, 5.41) is 10.1. The Bertz CT molecular complexity index is 473. The summed E-state index contributed by atoms with van der Waals surface area (Å²) in [6, 6.07) is 0. The number of hydrogen-bond acceptors (Lipinski definition) is 4. The number of hydrogen-bond donors (Lipinski definition) is 1. The lowest BCUT2D eigenvalue weighted by atomic mass is 9.78. The third kappa shape index (κ3) is 12.9. The lowest BCUT2D eigenvalue weighted by molar-refractivity contribution is -0.175. The van der Waals surface area contributed by atoms with E-state index in [-0.39, 0.29) is 18.0 Å². The maximum atomic E-state index is 11.9. The summed E-state index contributed by atoms with van der Waals surface area (Å²) in [6.07, 6.45) is 22.6. The van der Waals surface area contributed by atoms with Gasteiger partial charge >= 0.3 is 5.97 Å². The number of ether oxygens (including phenoxy) is 1. The average Bonchev–Trinajstić information content (AvgIpc) is 2.69. The number of carbonyl (C=O) groups excluding carboxylic acids is 1. The SMILES string of the molecule is CCCCC/C=C\C/C=C\CCCCCCCC(=O)O[C@@H]1C[C@@H](CN(C)C)[C@@H]1O. The first kappa shape index (κ1) is 25.9. The van der Waals surface area contributed by atoms with E-state index < -0.39 is 6.10 Å². The summed E-state index contributed by atoms with van der Waals surface area (Å²) in [5.41, 5.74) is 0. The summed E-state index contributed by atoms with van der Waals surface area (Å²) in [7, 11) is 3.99. The second kappa shape index (κ2) is 16.6. The fourth-order valence-corrected chi connectivity index (χ4v) is 3.76. The number of aliphatic hydroxyl groups is 1. The third-order valence-electron chi connectivity index (χ3n) is 5.61. The molecule has 1 rings (SSSR count). The first-order valence-electron chi connectivity index (χ1n) is 11.9. The van der Waals surface area contributed by atoms with Gasteiger partial charge in [0.25, 0.3) is 0 Å². The number of aliphatic hydroxyl groups excluding tert-OH is 1. The van der Waals surface area contributed by atoms with Gasteiger partial charge in [0.1, 0.15) is 6.10 Å². The van der Waals surface area contributed by atoms with Crippen molar-refractivity contribution < 1.29 is 14.6 Å². The van der Waals surface area contributed by atoms with E-state index in [1.807, 2.05) is 14.1 Å². The maximum Gasteiger partial charge on any atom is 0.306 e. The Kier molecular flexibility index (Phi) is 14.9. The molecule has 29 heavy (non-hydrogen) atoms. The van der Waals surface area contributed by atoms with Crippen LogP contribution in [0.1, 0.15) is 90.4 Å². The number of carbonyl (C=O) groups is 1. The van der Waals surface area contributed by atoms with Crippen molar-refractivity contribution in [3.8, 4) is 0 Å². The summed E-state index contributed by atoms with van der Waals surface area (Å²) in [6.45, 7) is 3.09. The van der Waals surface area contributed by atoms with Crippen LogP contribution in [0.3, 0.4) is 0 Å². The van der Waals surface area contributed by atoms with Gasteiger partial charge in [0.2, 0.25) is 0 Å². The number of esters is 1. The van der Waals surface area contributed by atoms with Crippen LogP contribution < -0.4 is 0 Å². The molecule has 1 N–H and O–H groups in total. The first-order valence-corrected chi connectivity index (χ1v) is 11.9. The Morgan fingerprint density at radius 3 is 2.21 bits per heavy atom. The second-order valence-corrected chi connectivity index (χ2v) is 8.76. The summed E-state index contributed by atoms with van der Waals surface area (Å²) >= 11 is 0. The van der Waals surface area contributed by atoms with Crippen LogP contribution in [0.5, 0.6) is 0 Å². The van der Waals surface area contributed by atoms with Crippen molar-refractivity contribution in [1.29, 1.82) is 0 Å². The van der Waals surface area contributed by atoms with Gasteiger partial charge in [-0.3, -0.25) is 4.79 Å². The molecule has 0 spiro atoms. The summed E-state index contributed by atoms with van der Waals surface area (Å²) < 4.78 is 5.41. The molecule has 0 aromatic heterocycles. The van der Waals surface area contributed by atoms with Gasteiger partial charge in [-0.15, -0.1) is 0 Å². The van der Waals surface area contributed by atoms with Crippen molar-refractivity contribution in [2.75, 3.05) is 20.6 Å². The van der Waals surface area contributed by atoms with Crippen LogP contribution in [0.4, 0.5) is 0 Å². The van der Waals surface area contributed by atoms with E-state index in [1.165, 1.54) is 44.9 Å². The Balaban J connectivity index is 1.88. The number of allylic oxidation sites excluding steroid dienone is 4. The molecule has 0 aromatic carbocycles. The lowest BCUT2D eigenvalue weighted by Crippen LogP contribution is -2.52. The molecule has 0 heterocycles. The fourth-order valence-electron chi connectivity index (χ4n) is 3.76. The molecule has 0 bridgehead atoms. The molecule has 1 saturated carbocycles. The van der Waals surface area contributed by atoms with Gasteiger partial charge in [-0.2, -0.15) is 0 Å². The van der Waals surface area contributed by atoms with Gasteiger partial charge in [-0.25, -0.2) is 0 Å². The highest BCUT2D eigenvalue weighted by molar-refractivity contribution is 5.69. The average molecular weight is 408 g/mol. The van der Waals surface area contributed by atoms with E-state index in [4.69, 9.17) is 4.74 Å². The molecule has 1 fully saturated rings. The second-order valence-electron chi connectivity index (χ2n) is 8.76. The van der Waals surface area contributed by atoms with Crippen LogP contribution in [-0.2, 0) is 9.53 Å². The van der Waals surface area contributed by atoms with Crippen molar-refractivity contribution >= 4 is 5.97 Å². The molecule has 0 aromatic rings. The van der Waals surface area contributed by atoms with Crippen LogP contribution >= 0.6 is 0 Å². The van der Waals surface area contributed by atoms with Gasteiger partial charge in [0.05, 0.1) is 6.10 Å². The topological polar surface area (TPSA) is 49.8 Å². The minimum atomic E-state index is -0.494. The predicted octanol–water partition coefficient (Wildman–Crippen LogP) is 5.65. The molecule has 0 unspecified atom stereocenters. The maximum absolute atomic E-state index is 11.9. The molecule has 0 aliphatic heterocycles. The molecule has 0 amide bonds. The van der Waals surface area contributed by atoms with Crippen LogP contribution in [0.25, 0.3) is 0 Å². The van der Waals surface area contributed by atoms with E-state index >= 15 is 0 Å². The molecule has 3 atom stereocenters. The Morgan fingerprint density at radius 1 is 0.966 bits per heavy atom. The molecule has 0 saturated heterocycles. The van der Waals surface area contributed by atoms with Crippen molar-refractivity contribution in [2.45, 2.75) is 103 Å². The van der Waals surface area contributed by atoms with Crippen LogP contribution in [0.15, 0.2) is 24.3 Å². The van der Waals surface area contributed by atoms with Crippen LogP contribution in [-0.4, -0.2) is 48.8 Å². The van der Waals surface area contributed by atoms with E-state index in [1.54, 1.807) is 0 Å². The standard InChI is InChI=1S/C25H45NO3/c1-4-5-6-7-8-9-10-11-12-13-14-15-16-17-18-19-24(27)29-23-20-22(25(23)28)21-26(2)3/h8-9,11-12,22-23,25,28H,4-7,10,13-21H2,1-3H3/b9-8-,12-11-/t22-,23+,25-/m0/s1. The number of rotatable bonds is 17. The molecular formula is C25H45NO3. The Morgan fingerprint density at radius 2 is 1.59 bits per heavy atom.